The van der Waals surface area contributed by atoms with Gasteiger partial charge in [-0.05, 0) is 90.9 Å². The summed E-state index contributed by atoms with van der Waals surface area (Å²) in [6.45, 7) is 13.6. The molecular formula is C39H59N3O11. The molecule has 1 aromatic carbocycles. The van der Waals surface area contributed by atoms with Crippen LogP contribution in [-0.2, 0) is 38.1 Å². The van der Waals surface area contributed by atoms with Gasteiger partial charge in [-0.1, -0.05) is 27.7 Å². The van der Waals surface area contributed by atoms with Gasteiger partial charge in [0.05, 0.1) is 31.1 Å². The van der Waals surface area contributed by atoms with Gasteiger partial charge in [-0.25, -0.2) is 4.79 Å². The largest absolute Gasteiger partial charge is 0.497 e. The van der Waals surface area contributed by atoms with Crippen molar-refractivity contribution in [2.75, 3.05) is 28.3 Å². The number of hydrogen-bond donors (Lipinski definition) is 1. The van der Waals surface area contributed by atoms with Crippen LogP contribution >= 0.6 is 0 Å². The Hall–Kier alpha value is -3.43. The number of ether oxygens (including phenoxy) is 6. The number of hydrogen-bond acceptors (Lipinski definition) is 13. The molecule has 3 fully saturated rings. The maximum Gasteiger partial charge on any atom is 0.431 e. The number of benzene rings is 1. The number of ketones is 2. The number of rotatable bonds is 8. The Morgan fingerprint density at radius 3 is 2.21 bits per heavy atom. The number of cyclic esters (lactones) is 1. The third-order valence-corrected chi connectivity index (χ3v) is 11.5. The van der Waals surface area contributed by atoms with E-state index in [4.69, 9.17) is 28.4 Å². The second-order valence-corrected chi connectivity index (χ2v) is 15.5. The minimum absolute atomic E-state index is 0.0911. The second-order valence-electron chi connectivity index (χ2n) is 15.5. The molecular weight excluding hydrogens is 686 g/mol. The van der Waals surface area contributed by atoms with E-state index in [1.54, 1.807) is 72.9 Å². The average Bonchev–Trinajstić information content (AvgIpc) is 3.39. The Morgan fingerprint density at radius 1 is 1.00 bits per heavy atom. The lowest BCUT2D eigenvalue weighted by Gasteiger charge is -2.47. The van der Waals surface area contributed by atoms with Crippen molar-refractivity contribution in [2.24, 2.45) is 28.8 Å². The summed E-state index contributed by atoms with van der Waals surface area (Å²) in [6, 6.07) is 5.76. The lowest BCUT2D eigenvalue weighted by atomic mass is 9.73. The summed E-state index contributed by atoms with van der Waals surface area (Å²) in [4.78, 5) is 58.2. The number of aliphatic hydroxyl groups is 1. The van der Waals surface area contributed by atoms with E-state index in [0.717, 1.165) is 5.01 Å². The Morgan fingerprint density at radius 2 is 1.64 bits per heavy atom. The van der Waals surface area contributed by atoms with Gasteiger partial charge in [0, 0.05) is 30.9 Å². The third kappa shape index (κ3) is 8.62. The number of carbonyl (C=O) groups excluding carboxylic acids is 4. The maximum atomic E-state index is 14.6. The average molecular weight is 746 g/mol. The van der Waals surface area contributed by atoms with Crippen LogP contribution in [0, 0.1) is 23.7 Å². The fourth-order valence-electron chi connectivity index (χ4n) is 8.28. The standard InChI is InChI=1S/C39H59N3O11/c1-13-29-39(8)33(42(37(47)53-39)40-20-26-14-16-27(48-11)17-15-26)23(4)30(43)21(2)19-38(7,49-12)34(24(5)31(44)25(6)35(46)51-29)52-36-32(45)28(41(9)10)18-22(3)50-36/h14-17,20-25,28-29,32-34,36,45H,13,18-19H2,1-12H3/b40-20+/t21-,22-,23+,24+,25-,28+,29-,32-,33-,34-,36+,38-,39-/m1/s1. The van der Waals surface area contributed by atoms with Crippen molar-refractivity contribution >= 4 is 29.8 Å². The van der Waals surface area contributed by atoms with Gasteiger partial charge in [0.15, 0.2) is 17.7 Å². The molecule has 296 valence electrons. The van der Waals surface area contributed by atoms with Crippen LogP contribution in [0.5, 0.6) is 5.75 Å². The number of amides is 1. The molecule has 1 N–H and O–H groups in total. The van der Waals surface area contributed by atoms with Crippen LogP contribution in [0.4, 0.5) is 4.79 Å². The predicted octanol–water partition coefficient (Wildman–Crippen LogP) is 4.23. The van der Waals surface area contributed by atoms with Crippen molar-refractivity contribution in [1.29, 1.82) is 0 Å². The summed E-state index contributed by atoms with van der Waals surface area (Å²) in [5.74, 6) is -4.66. The van der Waals surface area contributed by atoms with Crippen molar-refractivity contribution in [3.05, 3.63) is 29.8 Å². The fraction of sp³-hybridized carbons (Fsp3) is 0.718. The number of esters is 1. The molecule has 3 aliphatic heterocycles. The third-order valence-electron chi connectivity index (χ3n) is 11.5. The van der Waals surface area contributed by atoms with Crippen LogP contribution in [0.25, 0.3) is 0 Å². The molecule has 53 heavy (non-hydrogen) atoms. The number of hydrazone groups is 1. The lowest BCUT2D eigenvalue weighted by Crippen LogP contribution is -2.60. The molecule has 3 heterocycles. The summed E-state index contributed by atoms with van der Waals surface area (Å²) in [6.07, 6.45) is -3.01. The molecule has 0 aliphatic carbocycles. The molecule has 0 bridgehead atoms. The van der Waals surface area contributed by atoms with Crippen LogP contribution in [0.15, 0.2) is 29.4 Å². The van der Waals surface area contributed by atoms with Gasteiger partial charge in [-0.2, -0.15) is 10.1 Å². The first-order valence-electron chi connectivity index (χ1n) is 18.5. The first-order chi connectivity index (χ1) is 24.8. The molecule has 14 heteroatoms. The molecule has 0 aromatic heterocycles. The van der Waals surface area contributed by atoms with Crippen LogP contribution < -0.4 is 4.74 Å². The number of likely N-dealkylation sites (N-methyl/N-ethyl adjacent to an activating group) is 1. The van der Waals surface area contributed by atoms with Crippen LogP contribution in [-0.4, -0.2) is 127 Å². The van der Waals surface area contributed by atoms with Crippen molar-refractivity contribution in [3.8, 4) is 5.75 Å². The molecule has 13 atom stereocenters. The van der Waals surface area contributed by atoms with Gasteiger partial charge in [0.1, 0.15) is 35.7 Å². The highest BCUT2D eigenvalue weighted by Crippen LogP contribution is 2.43. The van der Waals surface area contributed by atoms with E-state index in [9.17, 15) is 24.3 Å². The minimum atomic E-state index is -1.52. The summed E-state index contributed by atoms with van der Waals surface area (Å²) < 4.78 is 36.1. The fourth-order valence-corrected chi connectivity index (χ4v) is 8.28. The highest BCUT2D eigenvalue weighted by molar-refractivity contribution is 6.00. The quantitative estimate of drug-likeness (QED) is 0.229. The Kier molecular flexibility index (Phi) is 13.5. The van der Waals surface area contributed by atoms with E-state index in [1.807, 2.05) is 25.9 Å². The first kappa shape index (κ1) is 42.3. The van der Waals surface area contributed by atoms with Gasteiger partial charge >= 0.3 is 12.1 Å². The highest BCUT2D eigenvalue weighted by Gasteiger charge is 2.61. The second kappa shape index (κ2) is 16.9. The van der Waals surface area contributed by atoms with Crippen LogP contribution in [0.3, 0.4) is 0 Å². The monoisotopic (exact) mass is 745 g/mol. The molecule has 1 amide bonds. The Bertz CT molecular complexity index is 1500. The van der Waals surface area contributed by atoms with Crippen molar-refractivity contribution in [2.45, 2.75) is 129 Å². The van der Waals surface area contributed by atoms with Crippen LogP contribution in [0.1, 0.15) is 80.2 Å². The van der Waals surface area contributed by atoms with Gasteiger partial charge in [0.2, 0.25) is 0 Å². The maximum absolute atomic E-state index is 14.6. The lowest BCUT2D eigenvalue weighted by molar-refractivity contribution is -0.295. The molecule has 1 aromatic rings. The molecule has 0 radical (unpaired) electrons. The van der Waals surface area contributed by atoms with Crippen LogP contribution in [0.2, 0.25) is 0 Å². The minimum Gasteiger partial charge on any atom is -0.497 e. The van der Waals surface area contributed by atoms with Gasteiger partial charge < -0.3 is 38.4 Å². The number of methoxy groups -OCH3 is 2. The zero-order valence-corrected chi connectivity index (χ0v) is 33.2. The summed E-state index contributed by atoms with van der Waals surface area (Å²) in [5, 5.41) is 17.0. The number of nitrogens with zero attached hydrogens (tertiary/aromatic N) is 3. The van der Waals surface area contributed by atoms with E-state index in [1.165, 1.54) is 20.2 Å². The number of carbonyl (C=O) groups is 4. The van der Waals surface area contributed by atoms with E-state index >= 15 is 0 Å². The number of Topliss-reactive ketones (excluding diaryl/α,β-unsaturated/α-hetero) is 2. The van der Waals surface area contributed by atoms with Gasteiger partial charge in [-0.3, -0.25) is 14.4 Å². The topological polar surface area (TPSA) is 163 Å². The smallest absolute Gasteiger partial charge is 0.431 e. The number of aliphatic hydroxyl groups excluding tert-OH is 1. The molecule has 14 nitrogen and oxygen atoms in total. The predicted molar refractivity (Wildman–Crippen MR) is 195 cm³/mol. The Labute approximate surface area is 313 Å². The van der Waals surface area contributed by atoms with Gasteiger partial charge in [-0.15, -0.1) is 0 Å². The van der Waals surface area contributed by atoms with E-state index in [0.29, 0.717) is 17.7 Å². The van der Waals surface area contributed by atoms with Crippen molar-refractivity contribution < 1.29 is 52.7 Å². The first-order valence-corrected chi connectivity index (χ1v) is 18.5. The van der Waals surface area contributed by atoms with Crippen molar-refractivity contribution in [3.63, 3.8) is 0 Å². The van der Waals surface area contributed by atoms with E-state index < -0.39 is 83.4 Å². The zero-order valence-electron chi connectivity index (χ0n) is 33.2. The highest BCUT2D eigenvalue weighted by atomic mass is 16.7. The summed E-state index contributed by atoms with van der Waals surface area (Å²) in [5.41, 5.74) is -2.14. The molecule has 0 spiro atoms. The molecule has 3 aliphatic rings. The van der Waals surface area contributed by atoms with E-state index in [-0.39, 0.29) is 30.8 Å². The SMILES string of the molecule is CC[C@H]1OC(=O)[C@H](C)C(=O)[C@H](C)[C@@H](O[C@@H]2O[C@H](C)C[C@H](N(C)C)[C@H]2O)[C@](C)(OC)C[C@@H](C)C(=O)[C@H](C)[C@H]2N(/N=C/c3ccc(OC)cc3)C(=O)O[C@]12C. The summed E-state index contributed by atoms with van der Waals surface area (Å²) in [7, 11) is 6.76. The molecule has 4 rings (SSSR count). The zero-order chi connectivity index (χ0) is 39.6. The van der Waals surface area contributed by atoms with Gasteiger partial charge in [0.25, 0.3) is 0 Å². The number of fused-ring (bicyclic) bond motifs is 1. The summed E-state index contributed by atoms with van der Waals surface area (Å²) >= 11 is 0. The molecule has 3 saturated heterocycles. The normalized spacial score (nSPS) is 39.1. The molecule has 0 unspecified atom stereocenters. The molecule has 0 saturated carbocycles. The Balaban J connectivity index is 1.79. The van der Waals surface area contributed by atoms with E-state index in [2.05, 4.69) is 5.10 Å². The van der Waals surface area contributed by atoms with Crippen molar-refractivity contribution in [1.82, 2.24) is 9.91 Å².